The molecule has 0 fully saturated rings. The van der Waals surface area contributed by atoms with Crippen molar-refractivity contribution in [3.8, 4) is 17.2 Å². The molecule has 4 rings (SSSR count). The third-order valence-electron chi connectivity index (χ3n) is 4.76. The Morgan fingerprint density at radius 1 is 1.13 bits per heavy atom. The van der Waals surface area contributed by atoms with Crippen LogP contribution in [0.1, 0.15) is 35.5 Å². The third-order valence-corrected chi connectivity index (χ3v) is 6.20. The van der Waals surface area contributed by atoms with Gasteiger partial charge in [-0.15, -0.1) is 0 Å². The molecule has 0 bridgehead atoms. The number of anilines is 1. The summed E-state index contributed by atoms with van der Waals surface area (Å²) < 4.78 is 24.9. The van der Waals surface area contributed by atoms with E-state index in [-0.39, 0.29) is 5.91 Å². The molecule has 3 aromatic rings. The molecule has 1 aromatic heterocycles. The van der Waals surface area contributed by atoms with Crippen LogP contribution in [0.4, 0.5) is 5.82 Å². The number of nitrogens with one attached hydrogen (secondary N) is 1. The molecule has 162 valence electrons. The molecule has 1 aliphatic rings. The number of nitrogens with zero attached hydrogens (tertiary/aromatic N) is 2. The molecule has 2 aromatic carbocycles. The summed E-state index contributed by atoms with van der Waals surface area (Å²) in [6, 6.07) is 12.3. The number of hydrogen-bond acceptors (Lipinski definition) is 5. The third kappa shape index (κ3) is 4.45. The highest BCUT2D eigenvalue weighted by molar-refractivity contribution is 7.83. The fraction of sp³-hybridized carbons (Fsp3) is 0.273. The summed E-state index contributed by atoms with van der Waals surface area (Å²) in [4.78, 5) is 13.1. The maximum absolute atomic E-state index is 13.1. The first kappa shape index (κ1) is 21.4. The van der Waals surface area contributed by atoms with Crippen LogP contribution in [-0.2, 0) is 22.3 Å². The van der Waals surface area contributed by atoms with Crippen molar-refractivity contribution in [2.45, 2.75) is 25.4 Å². The average Bonchev–Trinajstić information content (AvgIpc) is 3.26. The predicted octanol–water partition coefficient (Wildman–Crippen LogP) is 4.34. The van der Waals surface area contributed by atoms with Crippen molar-refractivity contribution in [3.63, 3.8) is 0 Å². The summed E-state index contributed by atoms with van der Waals surface area (Å²) in [6.45, 7) is 4.70. The second kappa shape index (κ2) is 9.11. The zero-order valence-electron chi connectivity index (χ0n) is 17.2. The Morgan fingerprint density at radius 2 is 1.90 bits per heavy atom. The fourth-order valence-corrected chi connectivity index (χ4v) is 4.87. The second-order valence-electron chi connectivity index (χ2n) is 6.88. The van der Waals surface area contributed by atoms with Gasteiger partial charge in [0.2, 0.25) is 0 Å². The van der Waals surface area contributed by atoms with E-state index in [0.717, 1.165) is 11.3 Å². The van der Waals surface area contributed by atoms with Crippen molar-refractivity contribution in [3.05, 3.63) is 64.3 Å². The molecule has 1 amide bonds. The van der Waals surface area contributed by atoms with E-state index < -0.39 is 10.8 Å². The number of ether oxygens (including phenoxy) is 2. The largest absolute Gasteiger partial charge is 0.490 e. The van der Waals surface area contributed by atoms with Gasteiger partial charge < -0.3 is 14.8 Å². The van der Waals surface area contributed by atoms with Crippen molar-refractivity contribution < 1.29 is 18.5 Å². The van der Waals surface area contributed by atoms with Crippen LogP contribution < -0.4 is 14.8 Å². The number of carbonyl (C=O) groups is 1. The van der Waals surface area contributed by atoms with E-state index in [9.17, 15) is 9.00 Å². The summed E-state index contributed by atoms with van der Waals surface area (Å²) in [5.41, 5.74) is 2.63. The van der Waals surface area contributed by atoms with Crippen LogP contribution in [0.15, 0.2) is 42.5 Å². The second-order valence-corrected chi connectivity index (χ2v) is 8.77. The summed E-state index contributed by atoms with van der Waals surface area (Å²) >= 11 is 6.15. The van der Waals surface area contributed by atoms with Gasteiger partial charge in [-0.1, -0.05) is 17.7 Å². The lowest BCUT2D eigenvalue weighted by molar-refractivity contribution is 0.102. The van der Waals surface area contributed by atoms with Gasteiger partial charge in [-0.05, 0) is 50.2 Å². The highest BCUT2D eigenvalue weighted by Crippen LogP contribution is 2.33. The lowest BCUT2D eigenvalue weighted by Gasteiger charge is -2.14. The van der Waals surface area contributed by atoms with Crippen LogP contribution in [0.5, 0.6) is 11.5 Å². The fourth-order valence-electron chi connectivity index (χ4n) is 3.42. The van der Waals surface area contributed by atoms with Gasteiger partial charge in [0.1, 0.15) is 5.82 Å². The lowest BCUT2D eigenvalue weighted by Crippen LogP contribution is -2.17. The van der Waals surface area contributed by atoms with E-state index >= 15 is 0 Å². The molecule has 1 N–H and O–H groups in total. The summed E-state index contributed by atoms with van der Waals surface area (Å²) in [7, 11) is -1.03. The topological polar surface area (TPSA) is 82.5 Å². The normalized spacial score (nSPS) is 14.9. The molecule has 1 atom stereocenters. The quantitative estimate of drug-likeness (QED) is 0.568. The molecule has 0 saturated carbocycles. The SMILES string of the molecule is CCOc1ccc(C(=O)Nc2c3c(nn2-c2cccc(Cl)c2)C[S@@](=O)C3)cc1OCC. The zero-order valence-corrected chi connectivity index (χ0v) is 18.8. The molecule has 0 aliphatic carbocycles. The number of rotatable bonds is 7. The molecule has 9 heteroatoms. The van der Waals surface area contributed by atoms with Crippen LogP contribution in [-0.4, -0.2) is 33.1 Å². The van der Waals surface area contributed by atoms with Gasteiger partial charge in [-0.2, -0.15) is 5.10 Å². The van der Waals surface area contributed by atoms with Gasteiger partial charge in [0.25, 0.3) is 5.91 Å². The van der Waals surface area contributed by atoms with Crippen LogP contribution in [0.2, 0.25) is 5.02 Å². The van der Waals surface area contributed by atoms with Crippen LogP contribution in [0.3, 0.4) is 0 Å². The number of aromatic nitrogens is 2. The summed E-state index contributed by atoms with van der Waals surface area (Å²) in [6.07, 6.45) is 0. The Hall–Kier alpha value is -2.84. The van der Waals surface area contributed by atoms with Crippen molar-refractivity contribution in [1.82, 2.24) is 9.78 Å². The monoisotopic (exact) mass is 459 g/mol. The van der Waals surface area contributed by atoms with Crippen LogP contribution in [0, 0.1) is 0 Å². The first-order chi connectivity index (χ1) is 15.0. The maximum atomic E-state index is 13.1. The molecule has 0 spiro atoms. The minimum Gasteiger partial charge on any atom is -0.490 e. The minimum absolute atomic E-state index is 0.326. The van der Waals surface area contributed by atoms with E-state index in [1.807, 2.05) is 26.0 Å². The highest BCUT2D eigenvalue weighted by atomic mass is 35.5. The smallest absolute Gasteiger partial charge is 0.256 e. The first-order valence-corrected chi connectivity index (χ1v) is 11.8. The summed E-state index contributed by atoms with van der Waals surface area (Å²) in [5, 5.41) is 8.10. The highest BCUT2D eigenvalue weighted by Gasteiger charge is 2.28. The van der Waals surface area contributed by atoms with E-state index in [1.54, 1.807) is 35.0 Å². The molecule has 1 aliphatic heterocycles. The number of fused-ring (bicyclic) bond motifs is 1. The standard InChI is InChI=1S/C22H22ClN3O4S/c1-3-29-19-9-8-14(10-20(19)30-4-2)22(27)24-21-17-12-31(28)13-18(17)25-26(21)16-7-5-6-15(23)11-16/h5-11H,3-4,12-13H2,1-2H3,(H,24,27)/t31-/m0/s1. The molecule has 31 heavy (non-hydrogen) atoms. The van der Waals surface area contributed by atoms with Gasteiger partial charge in [-0.25, -0.2) is 4.68 Å². The van der Waals surface area contributed by atoms with Crippen molar-refractivity contribution in [1.29, 1.82) is 0 Å². The van der Waals surface area contributed by atoms with Crippen LogP contribution >= 0.6 is 11.6 Å². The Balaban J connectivity index is 1.70. The van der Waals surface area contributed by atoms with Gasteiger partial charge >= 0.3 is 0 Å². The van der Waals surface area contributed by atoms with Gasteiger partial charge in [0.05, 0.1) is 36.1 Å². The Morgan fingerprint density at radius 3 is 2.65 bits per heavy atom. The number of halogens is 1. The molecule has 0 unspecified atom stereocenters. The number of hydrogen-bond donors (Lipinski definition) is 1. The van der Waals surface area contributed by atoms with E-state index in [0.29, 0.717) is 58.3 Å². The van der Waals surface area contributed by atoms with Crippen molar-refractivity contribution >= 4 is 34.1 Å². The minimum atomic E-state index is -1.03. The van der Waals surface area contributed by atoms with Gasteiger partial charge in [-0.3, -0.25) is 9.00 Å². The molecule has 0 saturated heterocycles. The zero-order chi connectivity index (χ0) is 22.0. The lowest BCUT2D eigenvalue weighted by atomic mass is 10.1. The predicted molar refractivity (Wildman–Crippen MR) is 121 cm³/mol. The number of carbonyl (C=O) groups excluding carboxylic acids is 1. The van der Waals surface area contributed by atoms with Gasteiger partial charge in [0, 0.05) is 26.9 Å². The maximum Gasteiger partial charge on any atom is 0.256 e. The van der Waals surface area contributed by atoms with E-state index in [4.69, 9.17) is 21.1 Å². The van der Waals surface area contributed by atoms with Gasteiger partial charge in [0.15, 0.2) is 11.5 Å². The molecular weight excluding hydrogens is 438 g/mol. The number of amides is 1. The molecule has 2 heterocycles. The first-order valence-electron chi connectivity index (χ1n) is 9.92. The van der Waals surface area contributed by atoms with Crippen molar-refractivity contribution in [2.24, 2.45) is 0 Å². The molecule has 0 radical (unpaired) electrons. The van der Waals surface area contributed by atoms with E-state index in [1.165, 1.54) is 0 Å². The Kier molecular flexibility index (Phi) is 6.29. The Bertz CT molecular complexity index is 1160. The van der Waals surface area contributed by atoms with Crippen molar-refractivity contribution in [2.75, 3.05) is 18.5 Å². The van der Waals surface area contributed by atoms with E-state index in [2.05, 4.69) is 10.4 Å². The number of benzene rings is 2. The average molecular weight is 460 g/mol. The Labute approximate surface area is 187 Å². The van der Waals surface area contributed by atoms with Crippen LogP contribution in [0.25, 0.3) is 5.69 Å². The molecular formula is C22H22ClN3O4S. The summed E-state index contributed by atoms with van der Waals surface area (Å²) in [5.74, 6) is 1.97. The molecule has 7 nitrogen and oxygen atoms in total.